The summed E-state index contributed by atoms with van der Waals surface area (Å²) in [5.74, 6) is 1.16. The van der Waals surface area contributed by atoms with Crippen molar-refractivity contribution in [3.8, 4) is 17.2 Å². The summed E-state index contributed by atoms with van der Waals surface area (Å²) in [5, 5.41) is 9.88. The number of hydrogen-bond donors (Lipinski definition) is 0. The highest BCUT2D eigenvalue weighted by Gasteiger charge is 2.17. The third-order valence-corrected chi connectivity index (χ3v) is 5.94. The van der Waals surface area contributed by atoms with Gasteiger partial charge in [-0.15, -0.1) is 4.80 Å². The molecule has 0 spiro atoms. The lowest BCUT2D eigenvalue weighted by Gasteiger charge is -2.12. The SMILES string of the molecule is CCOC(=O)CCc1ccc(OCCCOc2ccccc2-n2nc3c(n2)CCCC3)c(Cl)c1. The summed E-state index contributed by atoms with van der Waals surface area (Å²) < 4.78 is 16.8. The lowest BCUT2D eigenvalue weighted by molar-refractivity contribution is -0.143. The van der Waals surface area contributed by atoms with Gasteiger partial charge >= 0.3 is 5.97 Å². The number of ether oxygens (including phenoxy) is 3. The molecule has 1 aromatic heterocycles. The van der Waals surface area contributed by atoms with Gasteiger partial charge in [0, 0.05) is 12.8 Å². The van der Waals surface area contributed by atoms with Crippen LogP contribution in [0.2, 0.25) is 5.02 Å². The lowest BCUT2D eigenvalue weighted by Crippen LogP contribution is -2.08. The highest BCUT2D eigenvalue weighted by atomic mass is 35.5. The smallest absolute Gasteiger partial charge is 0.306 e. The second kappa shape index (κ2) is 11.9. The molecule has 4 rings (SSSR count). The summed E-state index contributed by atoms with van der Waals surface area (Å²) in [6.07, 6.45) is 5.93. The molecule has 1 aliphatic carbocycles. The zero-order valence-electron chi connectivity index (χ0n) is 19.5. The van der Waals surface area contributed by atoms with Gasteiger partial charge in [-0.2, -0.15) is 10.2 Å². The van der Waals surface area contributed by atoms with Crippen molar-refractivity contribution in [1.29, 1.82) is 0 Å². The van der Waals surface area contributed by atoms with E-state index in [-0.39, 0.29) is 5.97 Å². The molecule has 34 heavy (non-hydrogen) atoms. The van der Waals surface area contributed by atoms with E-state index in [2.05, 4.69) is 10.2 Å². The molecule has 0 bridgehead atoms. The van der Waals surface area contributed by atoms with Gasteiger partial charge in [0.1, 0.15) is 17.2 Å². The monoisotopic (exact) mass is 483 g/mol. The van der Waals surface area contributed by atoms with Crippen LogP contribution in [0.5, 0.6) is 11.5 Å². The first-order chi connectivity index (χ1) is 16.6. The van der Waals surface area contributed by atoms with Crippen molar-refractivity contribution in [3.05, 3.63) is 64.4 Å². The second-order valence-electron chi connectivity index (χ2n) is 8.18. The van der Waals surface area contributed by atoms with E-state index < -0.39 is 0 Å². The normalized spacial score (nSPS) is 12.8. The van der Waals surface area contributed by atoms with E-state index in [0.29, 0.717) is 49.9 Å². The Hall–Kier alpha value is -3.06. The molecule has 0 radical (unpaired) electrons. The Morgan fingerprint density at radius 2 is 1.71 bits per heavy atom. The van der Waals surface area contributed by atoms with Gasteiger partial charge in [0.15, 0.2) is 0 Å². The standard InChI is InChI=1S/C26H30ClN3O4/c1-2-32-26(31)15-13-19-12-14-24(20(27)18-19)33-16-7-17-34-25-11-6-5-10-23(25)30-28-21-8-3-4-9-22(21)29-30/h5-6,10-12,14,18H,2-4,7-9,13,15-17H2,1H3. The van der Waals surface area contributed by atoms with E-state index in [9.17, 15) is 4.79 Å². The van der Waals surface area contributed by atoms with Crippen LogP contribution in [-0.2, 0) is 28.8 Å². The molecule has 2 aromatic carbocycles. The Bertz CT molecular complexity index is 1090. The number of para-hydroxylation sites is 2. The van der Waals surface area contributed by atoms with Gasteiger partial charge in [0.25, 0.3) is 0 Å². The minimum absolute atomic E-state index is 0.205. The first kappa shape index (κ1) is 24.1. The Kier molecular flexibility index (Phi) is 8.41. The van der Waals surface area contributed by atoms with Gasteiger partial charge in [-0.1, -0.05) is 29.8 Å². The molecule has 0 amide bonds. The molecule has 7 nitrogen and oxygen atoms in total. The topological polar surface area (TPSA) is 75.5 Å². The number of nitrogens with zero attached hydrogens (tertiary/aromatic N) is 3. The Morgan fingerprint density at radius 1 is 1.00 bits per heavy atom. The van der Waals surface area contributed by atoms with Crippen LogP contribution in [0.25, 0.3) is 5.69 Å². The molecule has 8 heteroatoms. The maximum absolute atomic E-state index is 11.5. The largest absolute Gasteiger partial charge is 0.492 e. The Morgan fingerprint density at radius 3 is 2.41 bits per heavy atom. The van der Waals surface area contributed by atoms with Crippen LogP contribution < -0.4 is 9.47 Å². The van der Waals surface area contributed by atoms with Crippen LogP contribution in [0.3, 0.4) is 0 Å². The second-order valence-corrected chi connectivity index (χ2v) is 8.59. The average Bonchev–Trinajstić information content (AvgIpc) is 3.28. The lowest BCUT2D eigenvalue weighted by atomic mass is 10.0. The van der Waals surface area contributed by atoms with Crippen molar-refractivity contribution >= 4 is 17.6 Å². The molecule has 0 fully saturated rings. The number of esters is 1. The summed E-state index contributed by atoms with van der Waals surface area (Å²) in [4.78, 5) is 13.2. The van der Waals surface area contributed by atoms with E-state index in [1.807, 2.05) is 42.5 Å². The predicted molar refractivity (Wildman–Crippen MR) is 130 cm³/mol. The van der Waals surface area contributed by atoms with Crippen LogP contribution in [0.1, 0.15) is 49.6 Å². The van der Waals surface area contributed by atoms with E-state index in [1.54, 1.807) is 11.7 Å². The highest BCUT2D eigenvalue weighted by molar-refractivity contribution is 6.32. The molecule has 3 aromatic rings. The van der Waals surface area contributed by atoms with Crippen molar-refractivity contribution in [3.63, 3.8) is 0 Å². The van der Waals surface area contributed by atoms with E-state index >= 15 is 0 Å². The molecule has 0 atom stereocenters. The van der Waals surface area contributed by atoms with Crippen LogP contribution in [-0.4, -0.2) is 40.8 Å². The molecule has 180 valence electrons. The van der Waals surface area contributed by atoms with Crippen LogP contribution >= 0.6 is 11.6 Å². The average molecular weight is 484 g/mol. The fourth-order valence-electron chi connectivity index (χ4n) is 3.91. The third kappa shape index (κ3) is 6.29. The van der Waals surface area contributed by atoms with Gasteiger partial charge in [-0.3, -0.25) is 4.79 Å². The number of aryl methyl sites for hydroxylation is 3. The number of fused-ring (bicyclic) bond motifs is 1. The molecule has 0 saturated carbocycles. The van der Waals surface area contributed by atoms with Gasteiger partial charge < -0.3 is 14.2 Å². The van der Waals surface area contributed by atoms with Crippen molar-refractivity contribution < 1.29 is 19.0 Å². The molecule has 1 aliphatic rings. The molecule has 0 saturated heterocycles. The van der Waals surface area contributed by atoms with E-state index in [4.69, 9.17) is 25.8 Å². The molecule has 0 aliphatic heterocycles. The fraction of sp³-hybridized carbons (Fsp3) is 0.423. The van der Waals surface area contributed by atoms with Crippen molar-refractivity contribution in [2.24, 2.45) is 0 Å². The van der Waals surface area contributed by atoms with Crippen LogP contribution in [0.4, 0.5) is 0 Å². The molecular formula is C26H30ClN3O4. The number of hydrogen-bond acceptors (Lipinski definition) is 6. The highest BCUT2D eigenvalue weighted by Crippen LogP contribution is 2.27. The fourth-order valence-corrected chi connectivity index (χ4v) is 4.17. The van der Waals surface area contributed by atoms with E-state index in [0.717, 1.165) is 41.2 Å². The number of benzene rings is 2. The number of carbonyl (C=O) groups excluding carboxylic acids is 1. The van der Waals surface area contributed by atoms with Crippen molar-refractivity contribution in [2.45, 2.75) is 51.9 Å². The maximum Gasteiger partial charge on any atom is 0.306 e. The minimum atomic E-state index is -0.205. The summed E-state index contributed by atoms with van der Waals surface area (Å²) in [7, 11) is 0. The summed E-state index contributed by atoms with van der Waals surface area (Å²) in [6, 6.07) is 13.4. The number of halogens is 1. The summed E-state index contributed by atoms with van der Waals surface area (Å²) in [6.45, 7) is 3.16. The van der Waals surface area contributed by atoms with E-state index in [1.165, 1.54) is 12.8 Å². The first-order valence-electron chi connectivity index (χ1n) is 11.9. The van der Waals surface area contributed by atoms with Crippen molar-refractivity contribution in [2.75, 3.05) is 19.8 Å². The molecule has 1 heterocycles. The molecule has 0 unspecified atom stereocenters. The first-order valence-corrected chi connectivity index (χ1v) is 12.3. The Labute approximate surface area is 205 Å². The third-order valence-electron chi connectivity index (χ3n) is 5.65. The van der Waals surface area contributed by atoms with Crippen molar-refractivity contribution in [1.82, 2.24) is 15.0 Å². The van der Waals surface area contributed by atoms with Gasteiger partial charge in [-0.25, -0.2) is 0 Å². The summed E-state index contributed by atoms with van der Waals surface area (Å²) >= 11 is 6.36. The number of rotatable bonds is 11. The summed E-state index contributed by atoms with van der Waals surface area (Å²) in [5.41, 5.74) is 4.01. The van der Waals surface area contributed by atoms with Gasteiger partial charge in [-0.05, 0) is 68.9 Å². The van der Waals surface area contributed by atoms with Gasteiger partial charge in [0.2, 0.25) is 0 Å². The zero-order chi connectivity index (χ0) is 23.8. The Balaban J connectivity index is 1.25. The van der Waals surface area contributed by atoms with Gasteiger partial charge in [0.05, 0.1) is 36.2 Å². The predicted octanol–water partition coefficient (Wildman–Crippen LogP) is 5.14. The van der Waals surface area contributed by atoms with Crippen LogP contribution in [0, 0.1) is 0 Å². The zero-order valence-corrected chi connectivity index (χ0v) is 20.2. The molecule has 0 N–H and O–H groups in total. The minimum Gasteiger partial charge on any atom is -0.492 e. The molecular weight excluding hydrogens is 454 g/mol. The number of aromatic nitrogens is 3. The van der Waals surface area contributed by atoms with Crippen LogP contribution in [0.15, 0.2) is 42.5 Å². The number of carbonyl (C=O) groups is 1. The quantitative estimate of drug-likeness (QED) is 0.277. The maximum atomic E-state index is 11.5.